The lowest BCUT2D eigenvalue weighted by Crippen LogP contribution is -2.12. The minimum atomic E-state index is 0.894. The lowest BCUT2D eigenvalue weighted by atomic mass is 9.95. The summed E-state index contributed by atoms with van der Waals surface area (Å²) < 4.78 is 0. The van der Waals surface area contributed by atoms with Crippen molar-refractivity contribution < 1.29 is 0 Å². The Kier molecular flexibility index (Phi) is 10.8. The average molecular weight is 808 g/mol. The molecule has 63 heavy (non-hydrogen) atoms. The van der Waals surface area contributed by atoms with Crippen LogP contribution in [0.3, 0.4) is 0 Å². The van der Waals surface area contributed by atoms with Crippen molar-refractivity contribution in [1.29, 1.82) is 0 Å². The largest absolute Gasteiger partial charge is 0.310 e. The first kappa shape index (κ1) is 39.4. The molecule has 10 rings (SSSR count). The average Bonchev–Trinajstić information content (AvgIpc) is 3.63. The lowest BCUT2D eigenvalue weighted by Gasteiger charge is -2.29. The summed E-state index contributed by atoms with van der Waals surface area (Å²) in [6, 6.07) is 75.4. The third kappa shape index (κ3) is 8.10. The molecule has 0 spiro atoms. The Bertz CT molecular complexity index is 3090. The summed E-state index contributed by atoms with van der Waals surface area (Å²) in [5.41, 5.74) is 22.2. The normalized spacial score (nSPS) is 11.7. The van der Waals surface area contributed by atoms with Crippen LogP contribution in [0.4, 0.5) is 17.1 Å². The van der Waals surface area contributed by atoms with Crippen LogP contribution >= 0.6 is 0 Å². The summed E-state index contributed by atoms with van der Waals surface area (Å²) in [7, 11) is 0. The Hall–Kier alpha value is -7.74. The minimum Gasteiger partial charge on any atom is -0.310 e. The van der Waals surface area contributed by atoms with Gasteiger partial charge in [-0.25, -0.2) is 0 Å². The van der Waals surface area contributed by atoms with Gasteiger partial charge in [0.25, 0.3) is 0 Å². The molecule has 1 heteroatoms. The molecular formula is C62H49N. The van der Waals surface area contributed by atoms with Gasteiger partial charge < -0.3 is 4.90 Å². The second-order valence-corrected chi connectivity index (χ2v) is 16.8. The summed E-state index contributed by atoms with van der Waals surface area (Å²) in [6.07, 6.45) is 9.95. The number of aryl methyl sites for hydroxylation is 3. The summed E-state index contributed by atoms with van der Waals surface area (Å²) in [5.74, 6) is 0. The van der Waals surface area contributed by atoms with Gasteiger partial charge in [-0.1, -0.05) is 211 Å². The predicted octanol–water partition coefficient (Wildman–Crippen LogP) is 16.5. The summed E-state index contributed by atoms with van der Waals surface area (Å²) in [5, 5.41) is 2.40. The van der Waals surface area contributed by atoms with E-state index in [1.54, 1.807) is 0 Å². The molecule has 0 radical (unpaired) electrons. The fraction of sp³-hybridized carbons (Fsp3) is 0.0645. The van der Waals surface area contributed by atoms with E-state index in [2.05, 4.69) is 256 Å². The van der Waals surface area contributed by atoms with Gasteiger partial charge in [0, 0.05) is 16.8 Å². The van der Waals surface area contributed by atoms with Gasteiger partial charge in [0.1, 0.15) is 0 Å². The van der Waals surface area contributed by atoms with Crippen molar-refractivity contribution in [2.75, 3.05) is 4.90 Å². The van der Waals surface area contributed by atoms with E-state index in [1.165, 1.54) is 94.2 Å². The number of rotatable bonds is 10. The molecule has 302 valence electrons. The van der Waals surface area contributed by atoms with E-state index in [4.69, 9.17) is 0 Å². The number of hydrogen-bond acceptors (Lipinski definition) is 1. The smallest absolute Gasteiger partial charge is 0.0540 e. The molecule has 1 aliphatic carbocycles. The van der Waals surface area contributed by atoms with Crippen LogP contribution in [0.15, 0.2) is 218 Å². The maximum absolute atomic E-state index is 2.45. The highest BCUT2D eigenvalue weighted by atomic mass is 15.1. The number of nitrogens with zero attached hydrogens (tertiary/aromatic N) is 1. The third-order valence-corrected chi connectivity index (χ3v) is 12.4. The van der Waals surface area contributed by atoms with Gasteiger partial charge in [-0.3, -0.25) is 0 Å². The molecule has 0 fully saturated rings. The molecule has 0 heterocycles. The topological polar surface area (TPSA) is 3.24 Å². The number of fused-ring (bicyclic) bond motifs is 4. The van der Waals surface area contributed by atoms with Gasteiger partial charge >= 0.3 is 0 Å². The van der Waals surface area contributed by atoms with Crippen molar-refractivity contribution in [1.82, 2.24) is 0 Å². The molecule has 0 saturated carbocycles. The molecule has 0 N–H and O–H groups in total. The number of allylic oxidation sites excluding steroid dienone is 2. The van der Waals surface area contributed by atoms with E-state index in [-0.39, 0.29) is 0 Å². The summed E-state index contributed by atoms with van der Waals surface area (Å²) >= 11 is 0. The second kappa shape index (κ2) is 17.3. The van der Waals surface area contributed by atoms with Crippen LogP contribution in [-0.2, 0) is 6.42 Å². The van der Waals surface area contributed by atoms with Gasteiger partial charge in [-0.05, 0) is 135 Å². The first-order chi connectivity index (χ1) is 31.0. The zero-order chi connectivity index (χ0) is 42.7. The molecule has 1 aliphatic rings. The van der Waals surface area contributed by atoms with Crippen LogP contribution in [0.5, 0.6) is 0 Å². The van der Waals surface area contributed by atoms with Crippen LogP contribution in [-0.4, -0.2) is 0 Å². The van der Waals surface area contributed by atoms with Crippen molar-refractivity contribution >= 4 is 51.1 Å². The van der Waals surface area contributed by atoms with E-state index < -0.39 is 0 Å². The fourth-order valence-corrected chi connectivity index (χ4v) is 9.13. The monoisotopic (exact) mass is 807 g/mol. The number of hydrogen-bond donors (Lipinski definition) is 0. The van der Waals surface area contributed by atoms with Gasteiger partial charge in [0.15, 0.2) is 0 Å². The molecule has 0 atom stereocenters. The molecule has 9 aromatic rings. The van der Waals surface area contributed by atoms with E-state index in [1.807, 2.05) is 0 Å². The number of benzene rings is 9. The van der Waals surface area contributed by atoms with Crippen molar-refractivity contribution in [3.63, 3.8) is 0 Å². The number of anilines is 3. The summed E-state index contributed by atoms with van der Waals surface area (Å²) in [4.78, 5) is 2.45. The zero-order valence-corrected chi connectivity index (χ0v) is 36.1. The molecule has 0 unspecified atom stereocenters. The van der Waals surface area contributed by atoms with Crippen LogP contribution < -0.4 is 4.90 Å². The van der Waals surface area contributed by atoms with Gasteiger partial charge in [-0.2, -0.15) is 0 Å². The standard InChI is InChI=1S/C62H49N/c1-43-24-31-50(32-25-43)53(51-33-26-44(2)27-34-51)23-13-16-49-35-39-62(59-22-12-7-17-54(49)59)63(61-38-30-48(40-45(61)3)41-46-14-5-4-6-15-46)52-36-28-47(29-37-52)42-60-57-20-10-8-18-55(57)56-19-9-11-21-58(56)60/h4-40,42H,41H2,1-3H3/b16-13+. The van der Waals surface area contributed by atoms with Crippen LogP contribution in [0.25, 0.3) is 45.2 Å². The fourth-order valence-electron chi connectivity index (χ4n) is 9.13. The Labute approximate surface area is 372 Å². The highest BCUT2D eigenvalue weighted by Crippen LogP contribution is 2.46. The molecule has 1 nitrogen and oxygen atoms in total. The van der Waals surface area contributed by atoms with E-state index >= 15 is 0 Å². The Balaban J connectivity index is 1.06. The quantitative estimate of drug-likeness (QED) is 0.124. The maximum Gasteiger partial charge on any atom is 0.0540 e. The molecule has 0 amide bonds. The third-order valence-electron chi connectivity index (χ3n) is 12.4. The van der Waals surface area contributed by atoms with Gasteiger partial charge in [0.2, 0.25) is 0 Å². The van der Waals surface area contributed by atoms with E-state index in [0.717, 1.165) is 23.5 Å². The van der Waals surface area contributed by atoms with E-state index in [9.17, 15) is 0 Å². The molecular weight excluding hydrogens is 759 g/mol. The lowest BCUT2D eigenvalue weighted by molar-refractivity contribution is 1.17. The van der Waals surface area contributed by atoms with Crippen molar-refractivity contribution in [3.05, 3.63) is 280 Å². The Morgan fingerprint density at radius 3 is 1.63 bits per heavy atom. The SMILES string of the molecule is Cc1ccc(C(=C/C=C/c2ccc(N(c3ccc(C=C4c5ccccc5-c5ccccc54)cc3)c3ccc(Cc4ccccc4)cc3C)c3ccccc23)c2ccc(C)cc2)cc1. The second-order valence-electron chi connectivity index (χ2n) is 16.8. The molecule has 0 aliphatic heterocycles. The first-order valence-corrected chi connectivity index (χ1v) is 22.0. The van der Waals surface area contributed by atoms with E-state index in [0.29, 0.717) is 0 Å². The first-order valence-electron chi connectivity index (χ1n) is 22.0. The minimum absolute atomic E-state index is 0.894. The van der Waals surface area contributed by atoms with Gasteiger partial charge in [0.05, 0.1) is 5.69 Å². The highest BCUT2D eigenvalue weighted by Gasteiger charge is 2.23. The molecule has 0 saturated heterocycles. The Morgan fingerprint density at radius 1 is 0.460 bits per heavy atom. The Morgan fingerprint density at radius 2 is 1.02 bits per heavy atom. The maximum atomic E-state index is 2.45. The van der Waals surface area contributed by atoms with Crippen molar-refractivity contribution in [2.45, 2.75) is 27.2 Å². The van der Waals surface area contributed by atoms with Crippen molar-refractivity contribution in [2.24, 2.45) is 0 Å². The van der Waals surface area contributed by atoms with Crippen LogP contribution in [0.1, 0.15) is 61.2 Å². The summed E-state index contributed by atoms with van der Waals surface area (Å²) in [6.45, 7) is 6.52. The highest BCUT2D eigenvalue weighted by molar-refractivity contribution is 6.07. The molecule has 0 bridgehead atoms. The predicted molar refractivity (Wildman–Crippen MR) is 270 cm³/mol. The zero-order valence-electron chi connectivity index (χ0n) is 36.1. The van der Waals surface area contributed by atoms with Crippen molar-refractivity contribution in [3.8, 4) is 11.1 Å². The molecule has 0 aromatic heterocycles. The molecule has 9 aromatic carbocycles. The van der Waals surface area contributed by atoms with Crippen LogP contribution in [0.2, 0.25) is 0 Å². The van der Waals surface area contributed by atoms with Crippen LogP contribution in [0, 0.1) is 20.8 Å². The van der Waals surface area contributed by atoms with Gasteiger partial charge in [-0.15, -0.1) is 0 Å².